The van der Waals surface area contributed by atoms with E-state index in [2.05, 4.69) is 241 Å². The third kappa shape index (κ3) is 6.46. The minimum absolute atomic E-state index is 0.886. The zero-order chi connectivity index (χ0) is 41.7. The van der Waals surface area contributed by atoms with Gasteiger partial charge in [0.15, 0.2) is 0 Å². The molecule has 2 heterocycles. The van der Waals surface area contributed by atoms with Crippen LogP contribution >= 0.6 is 0 Å². The van der Waals surface area contributed by atoms with Crippen molar-refractivity contribution in [3.05, 3.63) is 237 Å². The van der Waals surface area contributed by atoms with Gasteiger partial charge in [-0.05, 0) is 85.6 Å². The molecule has 10 aromatic carbocycles. The van der Waals surface area contributed by atoms with E-state index in [9.17, 15) is 0 Å². The van der Waals surface area contributed by atoms with E-state index in [1.54, 1.807) is 0 Å². The van der Waals surface area contributed by atoms with Gasteiger partial charge in [0.1, 0.15) is 5.82 Å². The van der Waals surface area contributed by atoms with E-state index >= 15 is 0 Å². The summed E-state index contributed by atoms with van der Waals surface area (Å²) >= 11 is 0. The molecule has 0 saturated heterocycles. The molecule has 0 aliphatic carbocycles. The number of imidazole rings is 1. The highest BCUT2D eigenvalue weighted by Crippen LogP contribution is 2.43. The largest absolute Gasteiger partial charge is 0.292 e. The van der Waals surface area contributed by atoms with Crippen molar-refractivity contribution in [1.82, 2.24) is 14.5 Å². The van der Waals surface area contributed by atoms with Crippen LogP contribution in [0, 0.1) is 0 Å². The maximum atomic E-state index is 5.56. The summed E-state index contributed by atoms with van der Waals surface area (Å²) in [5.74, 6) is 0.886. The molecule has 0 aliphatic rings. The number of hydrogen-bond donors (Lipinski definition) is 0. The molecule has 63 heavy (non-hydrogen) atoms. The standard InChI is InChI=1S/C60H39N3/c1-4-18-43(19-5-1)57-59(44-20-6-2-7-21-44)63(60(62-57)45-22-8-3-9-23-45)50-34-32-42(33-35-50)56-39-54(49-31-29-41-17-11-13-25-47(41)37-49)55-38-53(51-26-14-15-27-52(51)58(55)61-56)48-30-28-40-16-10-12-24-46(40)36-48/h1-39H. The van der Waals surface area contributed by atoms with E-state index in [1.807, 2.05) is 0 Å². The van der Waals surface area contributed by atoms with Gasteiger partial charge in [-0.3, -0.25) is 4.57 Å². The number of pyridine rings is 1. The zero-order valence-electron chi connectivity index (χ0n) is 34.4. The Morgan fingerprint density at radius 1 is 0.302 bits per heavy atom. The lowest BCUT2D eigenvalue weighted by Gasteiger charge is -2.17. The van der Waals surface area contributed by atoms with Crippen LogP contribution in [0.5, 0.6) is 0 Å². The van der Waals surface area contributed by atoms with E-state index in [4.69, 9.17) is 9.97 Å². The minimum atomic E-state index is 0.886. The zero-order valence-corrected chi connectivity index (χ0v) is 34.4. The summed E-state index contributed by atoms with van der Waals surface area (Å²) in [5.41, 5.74) is 13.9. The van der Waals surface area contributed by atoms with E-state index in [0.717, 1.165) is 78.3 Å². The first-order chi connectivity index (χ1) is 31.2. The molecule has 0 atom stereocenters. The fraction of sp³-hybridized carbons (Fsp3) is 0. The Hall–Kier alpha value is -8.40. The molecule has 0 unspecified atom stereocenters. The van der Waals surface area contributed by atoms with Crippen molar-refractivity contribution in [3.63, 3.8) is 0 Å². The third-order valence-electron chi connectivity index (χ3n) is 12.4. The lowest BCUT2D eigenvalue weighted by Crippen LogP contribution is -2.00. The van der Waals surface area contributed by atoms with E-state index in [1.165, 1.54) is 38.1 Å². The van der Waals surface area contributed by atoms with Gasteiger partial charge in [-0.2, -0.15) is 0 Å². The predicted octanol–water partition coefficient (Wildman–Crippen LogP) is 15.9. The second kappa shape index (κ2) is 15.3. The van der Waals surface area contributed by atoms with Gasteiger partial charge < -0.3 is 0 Å². The molecular weight excluding hydrogens is 763 g/mol. The molecule has 0 spiro atoms. The molecule has 3 heteroatoms. The summed E-state index contributed by atoms with van der Waals surface area (Å²) in [5, 5.41) is 8.32. The van der Waals surface area contributed by atoms with Crippen molar-refractivity contribution in [1.29, 1.82) is 0 Å². The van der Waals surface area contributed by atoms with Gasteiger partial charge in [-0.15, -0.1) is 0 Å². The van der Waals surface area contributed by atoms with Crippen molar-refractivity contribution in [2.24, 2.45) is 0 Å². The second-order valence-electron chi connectivity index (χ2n) is 16.2. The minimum Gasteiger partial charge on any atom is -0.292 e. The molecule has 0 amide bonds. The normalized spacial score (nSPS) is 11.5. The molecule has 0 fully saturated rings. The molecule has 0 saturated carbocycles. The van der Waals surface area contributed by atoms with Crippen LogP contribution in [0.3, 0.4) is 0 Å². The van der Waals surface area contributed by atoms with Gasteiger partial charge in [0.25, 0.3) is 0 Å². The van der Waals surface area contributed by atoms with Crippen LogP contribution in [-0.2, 0) is 0 Å². The Morgan fingerprint density at radius 3 is 1.41 bits per heavy atom. The molecule has 294 valence electrons. The topological polar surface area (TPSA) is 30.7 Å². The van der Waals surface area contributed by atoms with Crippen LogP contribution in [0.4, 0.5) is 0 Å². The Balaban J connectivity index is 1.07. The van der Waals surface area contributed by atoms with Gasteiger partial charge in [0.2, 0.25) is 0 Å². The Bertz CT molecular complexity index is 3650. The van der Waals surface area contributed by atoms with Gasteiger partial charge in [-0.25, -0.2) is 9.97 Å². The number of rotatable bonds is 7. The third-order valence-corrected chi connectivity index (χ3v) is 12.4. The maximum Gasteiger partial charge on any atom is 0.145 e. The van der Waals surface area contributed by atoms with Crippen molar-refractivity contribution in [2.75, 3.05) is 0 Å². The fourth-order valence-electron chi connectivity index (χ4n) is 9.29. The van der Waals surface area contributed by atoms with E-state index in [-0.39, 0.29) is 0 Å². The van der Waals surface area contributed by atoms with Crippen LogP contribution in [-0.4, -0.2) is 14.5 Å². The van der Waals surface area contributed by atoms with Crippen LogP contribution < -0.4 is 0 Å². The van der Waals surface area contributed by atoms with Gasteiger partial charge in [0, 0.05) is 38.7 Å². The highest BCUT2D eigenvalue weighted by Gasteiger charge is 2.23. The van der Waals surface area contributed by atoms with Gasteiger partial charge in [0.05, 0.1) is 22.6 Å². The number of fused-ring (bicyclic) bond motifs is 5. The molecule has 12 rings (SSSR count). The molecule has 0 radical (unpaired) electrons. The number of aromatic nitrogens is 3. The van der Waals surface area contributed by atoms with E-state index in [0.29, 0.717) is 0 Å². The number of hydrogen-bond acceptors (Lipinski definition) is 2. The summed E-state index contributed by atoms with van der Waals surface area (Å²) in [6.45, 7) is 0. The second-order valence-corrected chi connectivity index (χ2v) is 16.2. The first kappa shape index (κ1) is 36.5. The van der Waals surface area contributed by atoms with Gasteiger partial charge in [-0.1, -0.05) is 200 Å². The smallest absolute Gasteiger partial charge is 0.145 e. The summed E-state index contributed by atoms with van der Waals surface area (Å²) in [7, 11) is 0. The molecular formula is C60H39N3. The first-order valence-corrected chi connectivity index (χ1v) is 21.5. The monoisotopic (exact) mass is 801 g/mol. The van der Waals surface area contributed by atoms with Crippen molar-refractivity contribution in [3.8, 4) is 73.1 Å². The summed E-state index contributed by atoms with van der Waals surface area (Å²) < 4.78 is 2.31. The maximum absolute atomic E-state index is 5.56. The summed E-state index contributed by atoms with van der Waals surface area (Å²) in [4.78, 5) is 11.0. The van der Waals surface area contributed by atoms with Crippen molar-refractivity contribution >= 4 is 43.2 Å². The highest BCUT2D eigenvalue weighted by molar-refractivity contribution is 6.16. The Kier molecular flexibility index (Phi) is 8.83. The molecule has 0 N–H and O–H groups in total. The molecule has 12 aromatic rings. The highest BCUT2D eigenvalue weighted by atomic mass is 15.1. The first-order valence-electron chi connectivity index (χ1n) is 21.5. The quantitative estimate of drug-likeness (QED) is 0.150. The summed E-state index contributed by atoms with van der Waals surface area (Å²) in [6.07, 6.45) is 0. The van der Waals surface area contributed by atoms with Gasteiger partial charge >= 0.3 is 0 Å². The average molecular weight is 802 g/mol. The average Bonchev–Trinajstić information content (AvgIpc) is 3.77. The molecule has 0 aliphatic heterocycles. The number of nitrogens with zero attached hydrogens (tertiary/aromatic N) is 3. The van der Waals surface area contributed by atoms with Crippen LogP contribution in [0.15, 0.2) is 237 Å². The molecule has 0 bridgehead atoms. The van der Waals surface area contributed by atoms with Crippen LogP contribution in [0.1, 0.15) is 0 Å². The SMILES string of the molecule is c1ccc(-c2nc(-c3ccccc3)n(-c3ccc(-c4cc(-c5ccc6ccccc6c5)c5cc(-c6ccc7ccccc7c6)c6ccccc6c5n4)cc3)c2-c2ccccc2)cc1. The van der Waals surface area contributed by atoms with Crippen LogP contribution in [0.25, 0.3) is 116 Å². The Morgan fingerprint density at radius 2 is 0.794 bits per heavy atom. The molecule has 3 nitrogen and oxygen atoms in total. The van der Waals surface area contributed by atoms with Crippen molar-refractivity contribution in [2.45, 2.75) is 0 Å². The summed E-state index contributed by atoms with van der Waals surface area (Å²) in [6, 6.07) is 84.6. The lowest BCUT2D eigenvalue weighted by molar-refractivity contribution is 1.07. The molecule has 2 aromatic heterocycles. The number of benzene rings is 10. The van der Waals surface area contributed by atoms with Crippen molar-refractivity contribution < 1.29 is 0 Å². The van der Waals surface area contributed by atoms with E-state index < -0.39 is 0 Å². The predicted molar refractivity (Wildman–Crippen MR) is 264 cm³/mol. The Labute approximate surface area is 365 Å². The van der Waals surface area contributed by atoms with Crippen LogP contribution in [0.2, 0.25) is 0 Å². The lowest BCUT2D eigenvalue weighted by atomic mass is 9.90. The fourth-order valence-corrected chi connectivity index (χ4v) is 9.29.